The van der Waals surface area contributed by atoms with Crippen molar-refractivity contribution in [2.45, 2.75) is 23.9 Å². The zero-order valence-electron chi connectivity index (χ0n) is 16.9. The molecule has 7 nitrogen and oxygen atoms in total. The molecule has 160 valence electrons. The number of amides is 1. The minimum Gasteiger partial charge on any atom is -0.348 e. The molecule has 1 aliphatic rings. The van der Waals surface area contributed by atoms with Crippen molar-refractivity contribution in [3.8, 4) is 0 Å². The minimum atomic E-state index is -3.73. The summed E-state index contributed by atoms with van der Waals surface area (Å²) in [5.41, 5.74) is 2.12. The van der Waals surface area contributed by atoms with Crippen molar-refractivity contribution in [1.82, 2.24) is 15.2 Å². The van der Waals surface area contributed by atoms with E-state index in [0.29, 0.717) is 11.3 Å². The first-order chi connectivity index (χ1) is 15.0. The molecule has 1 fully saturated rings. The lowest BCUT2D eigenvalue weighted by molar-refractivity contribution is 0.0937. The fourth-order valence-corrected chi connectivity index (χ4v) is 4.68. The van der Waals surface area contributed by atoms with Gasteiger partial charge in [-0.05, 0) is 48.4 Å². The summed E-state index contributed by atoms with van der Waals surface area (Å²) in [6, 6.07) is 19.4. The summed E-state index contributed by atoms with van der Waals surface area (Å²) in [4.78, 5) is 18.9. The highest BCUT2D eigenvalue weighted by Gasteiger charge is 2.24. The van der Waals surface area contributed by atoms with Crippen molar-refractivity contribution in [2.75, 3.05) is 17.8 Å². The van der Waals surface area contributed by atoms with Gasteiger partial charge in [-0.1, -0.05) is 30.3 Å². The van der Waals surface area contributed by atoms with Crippen molar-refractivity contribution >= 4 is 21.6 Å². The van der Waals surface area contributed by atoms with E-state index in [1.807, 2.05) is 18.2 Å². The molecule has 0 spiro atoms. The fraction of sp³-hybridized carbons (Fsp3) is 0.217. The molecule has 1 aliphatic heterocycles. The molecule has 1 atom stereocenters. The number of carbonyl (C=O) groups is 1. The normalized spacial score (nSPS) is 16.7. The minimum absolute atomic E-state index is 0.0768. The molecule has 2 N–H and O–H groups in total. The highest BCUT2D eigenvalue weighted by molar-refractivity contribution is 7.92. The lowest BCUT2D eigenvalue weighted by atomic mass is 10.2. The Morgan fingerprint density at radius 2 is 1.71 bits per heavy atom. The van der Waals surface area contributed by atoms with Crippen molar-refractivity contribution in [3.63, 3.8) is 0 Å². The molecule has 0 aliphatic carbocycles. The van der Waals surface area contributed by atoms with Gasteiger partial charge in [0.15, 0.2) is 0 Å². The SMILES string of the molecule is O=C(NC1CCN(Cc2ccccc2)C1)c1ccc(S(=O)(=O)Nc2ccncc2)cc1. The van der Waals surface area contributed by atoms with E-state index in [4.69, 9.17) is 0 Å². The molecule has 4 rings (SSSR count). The number of likely N-dealkylation sites (tertiary alicyclic amines) is 1. The monoisotopic (exact) mass is 436 g/mol. The summed E-state index contributed by atoms with van der Waals surface area (Å²) in [5, 5.41) is 3.06. The Morgan fingerprint density at radius 1 is 1.00 bits per heavy atom. The maximum Gasteiger partial charge on any atom is 0.261 e. The predicted octanol–water partition coefficient (Wildman–Crippen LogP) is 2.89. The largest absolute Gasteiger partial charge is 0.348 e. The van der Waals surface area contributed by atoms with E-state index in [0.717, 1.165) is 26.1 Å². The van der Waals surface area contributed by atoms with Crippen molar-refractivity contribution < 1.29 is 13.2 Å². The van der Waals surface area contributed by atoms with E-state index in [1.54, 1.807) is 12.1 Å². The van der Waals surface area contributed by atoms with Crippen LogP contribution in [0.4, 0.5) is 5.69 Å². The van der Waals surface area contributed by atoms with Crippen LogP contribution in [0.1, 0.15) is 22.3 Å². The first-order valence-corrected chi connectivity index (χ1v) is 11.6. The molecule has 0 radical (unpaired) electrons. The zero-order chi connectivity index (χ0) is 21.7. The van der Waals surface area contributed by atoms with E-state index in [-0.39, 0.29) is 16.8 Å². The number of benzene rings is 2. The first-order valence-electron chi connectivity index (χ1n) is 10.1. The Kier molecular flexibility index (Phi) is 6.29. The summed E-state index contributed by atoms with van der Waals surface area (Å²) in [6.45, 7) is 2.59. The lowest BCUT2D eigenvalue weighted by Gasteiger charge is -2.17. The molecule has 31 heavy (non-hydrogen) atoms. The number of rotatable bonds is 7. The van der Waals surface area contributed by atoms with Crippen molar-refractivity contribution in [3.05, 3.63) is 90.3 Å². The van der Waals surface area contributed by atoms with Gasteiger partial charge in [-0.2, -0.15) is 0 Å². The van der Waals surface area contributed by atoms with Gasteiger partial charge in [0, 0.05) is 43.6 Å². The summed E-state index contributed by atoms with van der Waals surface area (Å²) in [7, 11) is -3.73. The third-order valence-electron chi connectivity index (χ3n) is 5.22. The summed E-state index contributed by atoms with van der Waals surface area (Å²) in [5.74, 6) is -0.197. The zero-order valence-corrected chi connectivity index (χ0v) is 17.8. The number of nitrogens with zero attached hydrogens (tertiary/aromatic N) is 2. The highest BCUT2D eigenvalue weighted by Crippen LogP contribution is 2.17. The van der Waals surface area contributed by atoms with Crippen LogP contribution in [-0.4, -0.2) is 43.3 Å². The van der Waals surface area contributed by atoms with Crippen LogP contribution < -0.4 is 10.0 Å². The Morgan fingerprint density at radius 3 is 2.42 bits per heavy atom. The summed E-state index contributed by atoms with van der Waals surface area (Å²) >= 11 is 0. The molecular weight excluding hydrogens is 412 g/mol. The summed E-state index contributed by atoms with van der Waals surface area (Å²) in [6.07, 6.45) is 3.91. The maximum atomic E-state index is 12.6. The van der Waals surface area contributed by atoms with Crippen LogP contribution >= 0.6 is 0 Å². The standard InChI is InChI=1S/C23H24N4O3S/c28-23(25-21-12-15-27(17-21)16-18-4-2-1-3-5-18)19-6-8-22(9-7-19)31(29,30)26-20-10-13-24-14-11-20/h1-11,13-14,21H,12,15-17H2,(H,24,26)(H,25,28). The predicted molar refractivity (Wildman–Crippen MR) is 119 cm³/mol. The van der Waals surface area contributed by atoms with Crippen LogP contribution in [0.15, 0.2) is 84.0 Å². The Bertz CT molecular complexity index is 1120. The van der Waals surface area contributed by atoms with Crippen LogP contribution in [0.25, 0.3) is 0 Å². The molecule has 2 aromatic carbocycles. The molecule has 0 bridgehead atoms. The van der Waals surface area contributed by atoms with Crippen LogP contribution in [0.3, 0.4) is 0 Å². The number of pyridine rings is 1. The molecule has 1 saturated heterocycles. The van der Waals surface area contributed by atoms with Gasteiger partial charge in [-0.25, -0.2) is 8.42 Å². The number of sulfonamides is 1. The van der Waals surface area contributed by atoms with Gasteiger partial charge in [-0.3, -0.25) is 19.4 Å². The second-order valence-electron chi connectivity index (χ2n) is 7.55. The van der Waals surface area contributed by atoms with Crippen LogP contribution in [0.5, 0.6) is 0 Å². The van der Waals surface area contributed by atoms with E-state index >= 15 is 0 Å². The second-order valence-corrected chi connectivity index (χ2v) is 9.23. The van der Waals surface area contributed by atoms with E-state index in [9.17, 15) is 13.2 Å². The fourth-order valence-electron chi connectivity index (χ4n) is 3.62. The van der Waals surface area contributed by atoms with Crippen LogP contribution in [-0.2, 0) is 16.6 Å². The van der Waals surface area contributed by atoms with Gasteiger partial charge < -0.3 is 5.32 Å². The molecule has 8 heteroatoms. The number of aromatic nitrogens is 1. The molecule has 1 unspecified atom stereocenters. The third kappa shape index (κ3) is 5.48. The lowest BCUT2D eigenvalue weighted by Crippen LogP contribution is -2.37. The van der Waals surface area contributed by atoms with Crippen LogP contribution in [0.2, 0.25) is 0 Å². The van der Waals surface area contributed by atoms with E-state index in [2.05, 4.69) is 32.1 Å². The number of hydrogen-bond donors (Lipinski definition) is 2. The van der Waals surface area contributed by atoms with Gasteiger partial charge in [0.1, 0.15) is 0 Å². The molecule has 0 saturated carbocycles. The second kappa shape index (κ2) is 9.28. The van der Waals surface area contributed by atoms with E-state index < -0.39 is 10.0 Å². The number of nitrogens with one attached hydrogen (secondary N) is 2. The quantitative estimate of drug-likeness (QED) is 0.594. The Hall–Kier alpha value is -3.23. The molecule has 1 amide bonds. The number of hydrogen-bond acceptors (Lipinski definition) is 5. The average molecular weight is 437 g/mol. The first kappa shape index (κ1) is 21.0. The Labute approximate surface area is 182 Å². The topological polar surface area (TPSA) is 91.4 Å². The van der Waals surface area contributed by atoms with Gasteiger partial charge >= 0.3 is 0 Å². The van der Waals surface area contributed by atoms with Crippen molar-refractivity contribution in [1.29, 1.82) is 0 Å². The van der Waals surface area contributed by atoms with Gasteiger partial charge in [0.25, 0.3) is 15.9 Å². The molecule has 3 aromatic rings. The van der Waals surface area contributed by atoms with Crippen LogP contribution in [0, 0.1) is 0 Å². The highest BCUT2D eigenvalue weighted by atomic mass is 32.2. The molecule has 2 heterocycles. The third-order valence-corrected chi connectivity index (χ3v) is 6.61. The van der Waals surface area contributed by atoms with Crippen molar-refractivity contribution in [2.24, 2.45) is 0 Å². The average Bonchev–Trinajstić information content (AvgIpc) is 3.21. The number of anilines is 1. The smallest absolute Gasteiger partial charge is 0.261 e. The Balaban J connectivity index is 1.33. The van der Waals surface area contributed by atoms with E-state index in [1.165, 1.54) is 42.2 Å². The molecule has 1 aromatic heterocycles. The van der Waals surface area contributed by atoms with Gasteiger partial charge in [0.05, 0.1) is 10.6 Å². The molecular formula is C23H24N4O3S. The number of carbonyl (C=O) groups excluding carboxylic acids is 1. The maximum absolute atomic E-state index is 12.6. The van der Waals surface area contributed by atoms with Gasteiger partial charge in [0.2, 0.25) is 0 Å². The van der Waals surface area contributed by atoms with Gasteiger partial charge in [-0.15, -0.1) is 0 Å². The summed E-state index contributed by atoms with van der Waals surface area (Å²) < 4.78 is 27.5.